The third-order valence-corrected chi connectivity index (χ3v) is 9.08. The molecule has 3 fully saturated rings. The van der Waals surface area contributed by atoms with E-state index in [0.717, 1.165) is 36.2 Å². The molecule has 0 amide bonds. The van der Waals surface area contributed by atoms with Crippen LogP contribution >= 0.6 is 0 Å². The minimum atomic E-state index is -0.133. The van der Waals surface area contributed by atoms with Crippen LogP contribution in [-0.4, -0.2) is 75.3 Å². The van der Waals surface area contributed by atoms with Crippen molar-refractivity contribution in [3.05, 3.63) is 17.6 Å². The van der Waals surface area contributed by atoms with Gasteiger partial charge in [-0.05, 0) is 106 Å². The largest absolute Gasteiger partial charge is 0.456 e. The predicted molar refractivity (Wildman–Crippen MR) is 121 cm³/mol. The van der Waals surface area contributed by atoms with E-state index in [2.05, 4.69) is 32.2 Å². The SMILES string of the molecule is CC1=C(N2CCC3(CCN(CCC4CCC(n5cnnn5)CC4C)CC3)CC2)COC1=O. The summed E-state index contributed by atoms with van der Waals surface area (Å²) in [6.45, 7) is 10.7. The molecule has 8 heteroatoms. The molecular weight excluding hydrogens is 404 g/mol. The Labute approximate surface area is 191 Å². The van der Waals surface area contributed by atoms with Crippen LogP contribution in [0.2, 0.25) is 0 Å². The molecule has 176 valence electrons. The highest BCUT2D eigenvalue weighted by molar-refractivity contribution is 5.90. The molecule has 5 rings (SSSR count). The summed E-state index contributed by atoms with van der Waals surface area (Å²) in [5.41, 5.74) is 2.46. The molecule has 1 aromatic heterocycles. The lowest BCUT2D eigenvalue weighted by Gasteiger charge is -2.48. The van der Waals surface area contributed by atoms with E-state index in [-0.39, 0.29) is 5.97 Å². The second kappa shape index (κ2) is 9.12. The normalized spacial score (nSPS) is 31.4. The van der Waals surface area contributed by atoms with Gasteiger partial charge in [-0.1, -0.05) is 6.92 Å². The first-order chi connectivity index (χ1) is 15.5. The Bertz CT molecular complexity index is 820. The minimum absolute atomic E-state index is 0.133. The van der Waals surface area contributed by atoms with Gasteiger partial charge in [0.2, 0.25) is 0 Å². The Morgan fingerprint density at radius 1 is 1.12 bits per heavy atom. The molecule has 1 saturated carbocycles. The molecule has 4 heterocycles. The smallest absolute Gasteiger partial charge is 0.335 e. The quantitative estimate of drug-likeness (QED) is 0.649. The number of rotatable bonds is 5. The van der Waals surface area contributed by atoms with Crippen molar-refractivity contribution >= 4 is 5.97 Å². The number of tetrazole rings is 1. The van der Waals surface area contributed by atoms with Crippen molar-refractivity contribution in [1.29, 1.82) is 0 Å². The van der Waals surface area contributed by atoms with Crippen molar-refractivity contribution < 1.29 is 9.53 Å². The molecule has 1 aliphatic carbocycles. The number of cyclic esters (lactones) is 1. The van der Waals surface area contributed by atoms with Gasteiger partial charge in [-0.2, -0.15) is 0 Å². The average Bonchev–Trinajstić information content (AvgIpc) is 3.46. The highest BCUT2D eigenvalue weighted by Gasteiger charge is 2.39. The molecule has 0 radical (unpaired) electrons. The Balaban J connectivity index is 1.05. The van der Waals surface area contributed by atoms with Gasteiger partial charge in [0.25, 0.3) is 0 Å². The number of carbonyl (C=O) groups excluding carboxylic acids is 1. The van der Waals surface area contributed by atoms with Crippen molar-refractivity contribution in [3.63, 3.8) is 0 Å². The topological polar surface area (TPSA) is 76.4 Å². The molecule has 8 nitrogen and oxygen atoms in total. The van der Waals surface area contributed by atoms with Crippen LogP contribution in [0.15, 0.2) is 17.6 Å². The van der Waals surface area contributed by atoms with E-state index in [1.54, 1.807) is 6.33 Å². The van der Waals surface area contributed by atoms with E-state index in [4.69, 9.17) is 4.74 Å². The van der Waals surface area contributed by atoms with Gasteiger partial charge in [-0.15, -0.1) is 5.10 Å². The maximum atomic E-state index is 11.7. The number of hydrogen-bond donors (Lipinski definition) is 0. The van der Waals surface area contributed by atoms with Gasteiger partial charge < -0.3 is 14.5 Å². The number of ether oxygens (including phenoxy) is 1. The Morgan fingerprint density at radius 2 is 1.88 bits per heavy atom. The first kappa shape index (κ1) is 21.9. The molecule has 2 saturated heterocycles. The summed E-state index contributed by atoms with van der Waals surface area (Å²) in [6.07, 6.45) is 11.9. The second-order valence-electron chi connectivity index (χ2n) is 10.8. The summed E-state index contributed by atoms with van der Waals surface area (Å²) in [4.78, 5) is 16.8. The maximum Gasteiger partial charge on any atom is 0.335 e. The van der Waals surface area contributed by atoms with Gasteiger partial charge in [-0.3, -0.25) is 0 Å². The molecule has 32 heavy (non-hydrogen) atoms. The van der Waals surface area contributed by atoms with Crippen molar-refractivity contribution in [2.24, 2.45) is 17.3 Å². The zero-order valence-corrected chi connectivity index (χ0v) is 19.7. The third-order valence-electron chi connectivity index (χ3n) is 9.08. The van der Waals surface area contributed by atoms with Crippen LogP contribution in [-0.2, 0) is 9.53 Å². The van der Waals surface area contributed by atoms with E-state index >= 15 is 0 Å². The summed E-state index contributed by atoms with van der Waals surface area (Å²) >= 11 is 0. The zero-order valence-electron chi connectivity index (χ0n) is 19.7. The monoisotopic (exact) mass is 442 g/mol. The molecule has 0 aromatic carbocycles. The number of likely N-dealkylation sites (tertiary alicyclic amines) is 2. The van der Waals surface area contributed by atoms with Crippen LogP contribution < -0.4 is 0 Å². The van der Waals surface area contributed by atoms with Crippen molar-refractivity contribution in [3.8, 4) is 0 Å². The zero-order chi connectivity index (χ0) is 22.1. The molecule has 4 aliphatic rings. The highest BCUT2D eigenvalue weighted by Crippen LogP contribution is 2.43. The molecular formula is C24H38N6O2. The van der Waals surface area contributed by atoms with E-state index in [9.17, 15) is 4.79 Å². The van der Waals surface area contributed by atoms with Crippen LogP contribution in [0.3, 0.4) is 0 Å². The summed E-state index contributed by atoms with van der Waals surface area (Å²) in [7, 11) is 0. The van der Waals surface area contributed by atoms with Crippen LogP contribution in [0.1, 0.15) is 71.3 Å². The first-order valence-corrected chi connectivity index (χ1v) is 12.6. The molecule has 3 aliphatic heterocycles. The summed E-state index contributed by atoms with van der Waals surface area (Å²) in [6, 6.07) is 0.477. The standard InChI is InChI=1S/C24H38N6O2/c1-18-15-21(30-17-25-26-27-30)4-3-20(18)5-10-28-11-6-24(7-12-28)8-13-29(14-9-24)22-16-32-23(31)19(22)2/h17-18,20-21H,3-16H2,1-2H3. The Morgan fingerprint density at radius 3 is 2.50 bits per heavy atom. The molecule has 0 bridgehead atoms. The lowest BCUT2D eigenvalue weighted by molar-refractivity contribution is -0.136. The summed E-state index contributed by atoms with van der Waals surface area (Å²) in [5, 5.41) is 11.7. The van der Waals surface area contributed by atoms with Crippen molar-refractivity contribution in [2.45, 2.75) is 71.3 Å². The fourth-order valence-electron chi connectivity index (χ4n) is 6.58. The van der Waals surface area contributed by atoms with Crippen LogP contribution in [0.5, 0.6) is 0 Å². The first-order valence-electron chi connectivity index (χ1n) is 12.6. The van der Waals surface area contributed by atoms with Gasteiger partial charge in [0.1, 0.15) is 12.9 Å². The minimum Gasteiger partial charge on any atom is -0.456 e. The number of piperidine rings is 2. The number of esters is 1. The number of carbonyl (C=O) groups is 1. The van der Waals surface area contributed by atoms with Gasteiger partial charge in [0.15, 0.2) is 0 Å². The van der Waals surface area contributed by atoms with Crippen molar-refractivity contribution in [1.82, 2.24) is 30.0 Å². The molecule has 1 aromatic rings. The maximum absolute atomic E-state index is 11.7. The van der Waals surface area contributed by atoms with Crippen LogP contribution in [0.25, 0.3) is 0 Å². The molecule has 1 spiro atoms. The lowest BCUT2D eigenvalue weighted by Crippen LogP contribution is -2.47. The average molecular weight is 443 g/mol. The summed E-state index contributed by atoms with van der Waals surface area (Å²) < 4.78 is 7.18. The second-order valence-corrected chi connectivity index (χ2v) is 10.8. The van der Waals surface area contributed by atoms with Crippen molar-refractivity contribution in [2.75, 3.05) is 39.3 Å². The fourth-order valence-corrected chi connectivity index (χ4v) is 6.58. The van der Waals surface area contributed by atoms with Crippen LogP contribution in [0.4, 0.5) is 0 Å². The Kier molecular flexibility index (Phi) is 6.23. The molecule has 3 unspecified atom stereocenters. The Hall–Kier alpha value is -1.96. The van der Waals surface area contributed by atoms with Gasteiger partial charge in [0.05, 0.1) is 17.3 Å². The highest BCUT2D eigenvalue weighted by atomic mass is 16.5. The van der Waals surface area contributed by atoms with Gasteiger partial charge >= 0.3 is 5.97 Å². The number of nitrogens with zero attached hydrogens (tertiary/aromatic N) is 6. The molecule has 3 atom stereocenters. The third kappa shape index (κ3) is 4.43. The lowest BCUT2D eigenvalue weighted by atomic mass is 9.71. The van der Waals surface area contributed by atoms with E-state index < -0.39 is 0 Å². The van der Waals surface area contributed by atoms with Gasteiger partial charge in [0, 0.05) is 13.1 Å². The van der Waals surface area contributed by atoms with E-state index in [1.165, 1.54) is 71.0 Å². The predicted octanol–water partition coefficient (Wildman–Crippen LogP) is 3.05. The van der Waals surface area contributed by atoms with Gasteiger partial charge in [-0.25, -0.2) is 9.48 Å². The number of hydrogen-bond acceptors (Lipinski definition) is 7. The van der Waals surface area contributed by atoms with E-state index in [1.807, 2.05) is 11.6 Å². The van der Waals surface area contributed by atoms with Crippen LogP contribution in [0, 0.1) is 17.3 Å². The number of aromatic nitrogens is 4. The van der Waals surface area contributed by atoms with E-state index in [0.29, 0.717) is 18.1 Å². The molecule has 0 N–H and O–H groups in total. The summed E-state index contributed by atoms with van der Waals surface area (Å²) in [5.74, 6) is 1.43. The fraction of sp³-hybridized carbons (Fsp3) is 0.833.